The molecule has 0 aliphatic carbocycles. The SMILES string of the molecule is C=C1C2C(CCc3c(cccc3C(F)(F)F)-c3c(-c4ccccc4)ccc[n+]31)c1ccccc1-c1cccc[n+]12. The molecule has 2 aromatic heterocycles. The van der Waals surface area contributed by atoms with Gasteiger partial charge in [-0.05, 0) is 66.4 Å². The van der Waals surface area contributed by atoms with Crippen molar-refractivity contribution in [2.45, 2.75) is 31.0 Å². The van der Waals surface area contributed by atoms with E-state index in [9.17, 15) is 13.2 Å². The van der Waals surface area contributed by atoms with Gasteiger partial charge in [-0.1, -0.05) is 54.6 Å². The summed E-state index contributed by atoms with van der Waals surface area (Å²) in [5, 5.41) is 0. The van der Waals surface area contributed by atoms with Crippen molar-refractivity contribution in [3.8, 4) is 33.6 Å². The van der Waals surface area contributed by atoms with Crippen LogP contribution in [0.5, 0.6) is 0 Å². The average Bonchev–Trinajstić information content (AvgIpc) is 3.03. The van der Waals surface area contributed by atoms with E-state index in [4.69, 9.17) is 0 Å². The van der Waals surface area contributed by atoms with Gasteiger partial charge < -0.3 is 0 Å². The highest BCUT2D eigenvalue weighted by molar-refractivity contribution is 5.81. The molecule has 196 valence electrons. The van der Waals surface area contributed by atoms with Crippen LogP contribution in [0, 0.1) is 0 Å². The van der Waals surface area contributed by atoms with E-state index >= 15 is 0 Å². The lowest BCUT2D eigenvalue weighted by Gasteiger charge is -2.29. The molecule has 0 bridgehead atoms. The van der Waals surface area contributed by atoms with Gasteiger partial charge >= 0.3 is 6.18 Å². The van der Waals surface area contributed by atoms with Crippen molar-refractivity contribution in [2.24, 2.45) is 0 Å². The minimum atomic E-state index is -4.46. The van der Waals surface area contributed by atoms with E-state index in [2.05, 4.69) is 35.5 Å². The Balaban J connectivity index is 1.57. The number of hydrogen-bond donors (Lipinski definition) is 0. The Kier molecular flexibility index (Phi) is 5.70. The third-order valence-electron chi connectivity index (χ3n) is 8.38. The van der Waals surface area contributed by atoms with Crippen LogP contribution in [-0.4, -0.2) is 0 Å². The van der Waals surface area contributed by atoms with Crippen LogP contribution in [0.4, 0.5) is 13.2 Å². The number of fused-ring (bicyclic) bond motifs is 9. The zero-order chi connectivity index (χ0) is 27.4. The molecule has 0 N–H and O–H groups in total. The molecule has 0 spiro atoms. The monoisotopic (exact) mass is 532 g/mol. The number of allylic oxidation sites excluding steroid dienone is 1. The second-order valence-corrected chi connectivity index (χ2v) is 10.5. The van der Waals surface area contributed by atoms with Gasteiger partial charge in [-0.2, -0.15) is 22.3 Å². The molecular weight excluding hydrogens is 505 g/mol. The lowest BCUT2D eigenvalue weighted by atomic mass is 9.78. The quantitative estimate of drug-likeness (QED) is 0.193. The van der Waals surface area contributed by atoms with Gasteiger partial charge in [0, 0.05) is 23.8 Å². The highest BCUT2D eigenvalue weighted by Gasteiger charge is 2.47. The Hall–Kier alpha value is -4.51. The Morgan fingerprint density at radius 2 is 1.43 bits per heavy atom. The van der Waals surface area contributed by atoms with Crippen molar-refractivity contribution in [2.75, 3.05) is 0 Å². The maximum atomic E-state index is 14.5. The topological polar surface area (TPSA) is 7.76 Å². The number of halogens is 3. The van der Waals surface area contributed by atoms with E-state index in [-0.39, 0.29) is 12.0 Å². The van der Waals surface area contributed by atoms with Crippen LogP contribution in [0.15, 0.2) is 122 Å². The molecule has 3 aromatic carbocycles. The fraction of sp³-hybridized carbons (Fsp3) is 0.143. The molecule has 2 aliphatic heterocycles. The van der Waals surface area contributed by atoms with Crippen molar-refractivity contribution in [1.29, 1.82) is 0 Å². The van der Waals surface area contributed by atoms with Crippen molar-refractivity contribution in [3.63, 3.8) is 0 Å². The molecule has 5 heteroatoms. The fourth-order valence-corrected chi connectivity index (χ4v) is 6.71. The summed E-state index contributed by atoms with van der Waals surface area (Å²) in [5.41, 5.74) is 7.09. The van der Waals surface area contributed by atoms with E-state index in [0.717, 1.165) is 39.3 Å². The van der Waals surface area contributed by atoms with E-state index in [1.54, 1.807) is 0 Å². The number of hydrogen-bond acceptors (Lipinski definition) is 0. The molecule has 0 saturated carbocycles. The molecule has 2 unspecified atom stereocenters. The predicted octanol–water partition coefficient (Wildman–Crippen LogP) is 8.04. The normalized spacial score (nSPS) is 17.7. The van der Waals surface area contributed by atoms with Gasteiger partial charge in [0.2, 0.25) is 23.1 Å². The Bertz CT molecular complexity index is 1770. The predicted molar refractivity (Wildman–Crippen MR) is 150 cm³/mol. The molecule has 2 aliphatic rings. The summed E-state index contributed by atoms with van der Waals surface area (Å²) in [6.45, 7) is 4.65. The first-order chi connectivity index (χ1) is 19.4. The summed E-state index contributed by atoms with van der Waals surface area (Å²) in [6, 6.07) is 32.6. The van der Waals surface area contributed by atoms with Gasteiger partial charge in [-0.25, -0.2) is 0 Å². The van der Waals surface area contributed by atoms with Gasteiger partial charge in [0.05, 0.1) is 22.6 Å². The molecule has 0 amide bonds. The maximum absolute atomic E-state index is 14.5. The lowest BCUT2D eigenvalue weighted by molar-refractivity contribution is -0.727. The number of alkyl halides is 3. The summed E-state index contributed by atoms with van der Waals surface area (Å²) in [7, 11) is 0. The summed E-state index contributed by atoms with van der Waals surface area (Å²) in [6.07, 6.45) is 0.396. The Morgan fingerprint density at radius 1 is 0.700 bits per heavy atom. The first-order valence-corrected chi connectivity index (χ1v) is 13.5. The fourth-order valence-electron chi connectivity index (χ4n) is 6.71. The molecule has 0 saturated heterocycles. The van der Waals surface area contributed by atoms with E-state index in [1.807, 2.05) is 83.6 Å². The molecule has 2 atom stereocenters. The summed E-state index contributed by atoms with van der Waals surface area (Å²) in [4.78, 5) is 0. The molecule has 7 rings (SSSR count). The lowest BCUT2D eigenvalue weighted by Crippen LogP contribution is -2.53. The van der Waals surface area contributed by atoms with Crippen molar-refractivity contribution < 1.29 is 22.3 Å². The molecular formula is C35H27F3N2+2. The number of benzene rings is 3. The third-order valence-corrected chi connectivity index (χ3v) is 8.38. The maximum Gasteiger partial charge on any atom is 0.416 e. The average molecular weight is 533 g/mol. The molecule has 5 aromatic rings. The third kappa shape index (κ3) is 3.80. The number of pyridine rings is 2. The smallest absolute Gasteiger partial charge is 0.184 e. The summed E-state index contributed by atoms with van der Waals surface area (Å²) >= 11 is 0. The zero-order valence-corrected chi connectivity index (χ0v) is 21.8. The molecule has 0 fully saturated rings. The molecule has 0 radical (unpaired) electrons. The summed E-state index contributed by atoms with van der Waals surface area (Å²) in [5.74, 6) is -0.0587. The van der Waals surface area contributed by atoms with Crippen molar-refractivity contribution in [3.05, 3.63) is 139 Å². The van der Waals surface area contributed by atoms with E-state index < -0.39 is 11.7 Å². The molecule has 40 heavy (non-hydrogen) atoms. The largest absolute Gasteiger partial charge is 0.416 e. The highest BCUT2D eigenvalue weighted by atomic mass is 19.4. The van der Waals surface area contributed by atoms with Gasteiger partial charge in [0.25, 0.3) is 0 Å². The van der Waals surface area contributed by atoms with Gasteiger partial charge in [0.15, 0.2) is 12.4 Å². The standard InChI is InChI=1S/C35H27F3N2/c1-23-33-30(26-13-5-6-14-28(26)32-18-7-8-21-40(32)33)20-19-27-29(15-9-17-31(27)35(36,37)38)34-25(16-10-22-39(23)34)24-11-3-2-4-12-24/h2-18,21-22,30,33H,1,19-20H2/q+2. The van der Waals surface area contributed by atoms with Crippen molar-refractivity contribution in [1.82, 2.24) is 0 Å². The first-order valence-electron chi connectivity index (χ1n) is 13.5. The number of nitrogens with zero attached hydrogens (tertiary/aromatic N) is 2. The van der Waals surface area contributed by atoms with Crippen LogP contribution in [0.2, 0.25) is 0 Å². The van der Waals surface area contributed by atoms with Gasteiger partial charge in [-0.15, -0.1) is 0 Å². The minimum Gasteiger partial charge on any atom is -0.184 e. The van der Waals surface area contributed by atoms with E-state index in [1.165, 1.54) is 12.1 Å². The number of rotatable bonds is 1. The molecule has 2 nitrogen and oxygen atoms in total. The van der Waals surface area contributed by atoms with Crippen molar-refractivity contribution >= 4 is 5.70 Å². The Morgan fingerprint density at radius 3 is 2.25 bits per heavy atom. The first kappa shape index (κ1) is 24.5. The van der Waals surface area contributed by atoms with Gasteiger partial charge in [0.1, 0.15) is 0 Å². The van der Waals surface area contributed by atoms with Crippen LogP contribution in [0.1, 0.15) is 35.1 Å². The summed E-state index contributed by atoms with van der Waals surface area (Å²) < 4.78 is 47.9. The number of aromatic nitrogens is 2. The highest BCUT2D eigenvalue weighted by Crippen LogP contribution is 2.47. The zero-order valence-electron chi connectivity index (χ0n) is 21.8. The van der Waals surface area contributed by atoms with Crippen LogP contribution < -0.4 is 9.13 Å². The van der Waals surface area contributed by atoms with Crippen LogP contribution >= 0.6 is 0 Å². The molecule has 4 heterocycles. The second-order valence-electron chi connectivity index (χ2n) is 10.5. The second kappa shape index (κ2) is 9.30. The van der Waals surface area contributed by atoms with Crippen LogP contribution in [0.3, 0.4) is 0 Å². The van der Waals surface area contributed by atoms with Gasteiger partial charge in [-0.3, -0.25) is 0 Å². The minimum absolute atomic E-state index is 0.0587. The Labute approximate surface area is 231 Å². The van der Waals surface area contributed by atoms with E-state index in [0.29, 0.717) is 24.0 Å². The van der Waals surface area contributed by atoms with Crippen LogP contribution in [0.25, 0.3) is 39.3 Å². The van der Waals surface area contributed by atoms with Crippen LogP contribution in [-0.2, 0) is 12.6 Å².